The van der Waals surface area contributed by atoms with E-state index in [4.69, 9.17) is 15.6 Å². The molecule has 1 aromatic carbocycles. The molecule has 0 aliphatic carbocycles. The molecular weight excluding hydrogens is 214 g/mol. The van der Waals surface area contributed by atoms with Gasteiger partial charge in [0.1, 0.15) is 11.8 Å². The van der Waals surface area contributed by atoms with Gasteiger partial charge in [-0.2, -0.15) is 13.5 Å². The Hall–Kier alpha value is -1.20. The maximum atomic E-state index is 10.5. The fraction of sp³-hybridized carbons (Fsp3) is 0.300. The number of ether oxygens (including phenoxy) is 1. The Labute approximate surface area is 95.5 Å². The van der Waals surface area contributed by atoms with Crippen molar-refractivity contribution in [1.29, 1.82) is 0 Å². The Bertz CT molecular complexity index is 313. The SMILES string of the molecule is COc1ccc(CC(N)C(=O)O)cc1.S. The zero-order chi connectivity index (χ0) is 10.6. The molecule has 1 atom stereocenters. The van der Waals surface area contributed by atoms with Crippen molar-refractivity contribution in [3.8, 4) is 5.75 Å². The number of carboxylic acids is 1. The molecule has 5 heteroatoms. The van der Waals surface area contributed by atoms with Crippen LogP contribution >= 0.6 is 13.5 Å². The van der Waals surface area contributed by atoms with Gasteiger partial charge in [0.25, 0.3) is 0 Å². The van der Waals surface area contributed by atoms with Crippen molar-refractivity contribution in [3.05, 3.63) is 29.8 Å². The van der Waals surface area contributed by atoms with Gasteiger partial charge in [-0.1, -0.05) is 12.1 Å². The lowest BCUT2D eigenvalue weighted by molar-refractivity contribution is -0.138. The van der Waals surface area contributed by atoms with Crippen LogP contribution in [0.3, 0.4) is 0 Å². The molecule has 0 fully saturated rings. The molecule has 0 saturated heterocycles. The van der Waals surface area contributed by atoms with Crippen molar-refractivity contribution in [2.45, 2.75) is 12.5 Å². The molecule has 84 valence electrons. The zero-order valence-corrected chi connectivity index (χ0v) is 9.43. The summed E-state index contributed by atoms with van der Waals surface area (Å²) >= 11 is 0. The highest BCUT2D eigenvalue weighted by Gasteiger charge is 2.11. The van der Waals surface area contributed by atoms with E-state index in [9.17, 15) is 4.79 Å². The minimum Gasteiger partial charge on any atom is -0.497 e. The van der Waals surface area contributed by atoms with Crippen molar-refractivity contribution in [2.24, 2.45) is 5.73 Å². The first kappa shape index (κ1) is 13.8. The summed E-state index contributed by atoms with van der Waals surface area (Å²) in [7, 11) is 1.58. The van der Waals surface area contributed by atoms with Gasteiger partial charge in [-0.25, -0.2) is 0 Å². The average molecular weight is 229 g/mol. The van der Waals surface area contributed by atoms with Gasteiger partial charge in [0, 0.05) is 0 Å². The van der Waals surface area contributed by atoms with Gasteiger partial charge in [0.15, 0.2) is 0 Å². The van der Waals surface area contributed by atoms with Crippen LogP contribution in [0.15, 0.2) is 24.3 Å². The predicted octanol–water partition coefficient (Wildman–Crippen LogP) is 0.762. The summed E-state index contributed by atoms with van der Waals surface area (Å²) in [6, 6.07) is 6.33. The van der Waals surface area contributed by atoms with Gasteiger partial charge >= 0.3 is 5.97 Å². The third-order valence-corrected chi connectivity index (χ3v) is 1.93. The molecule has 0 amide bonds. The van der Waals surface area contributed by atoms with Gasteiger partial charge in [-0.15, -0.1) is 0 Å². The first-order valence-corrected chi connectivity index (χ1v) is 4.25. The zero-order valence-electron chi connectivity index (χ0n) is 8.43. The Morgan fingerprint density at radius 3 is 2.40 bits per heavy atom. The van der Waals surface area contributed by atoms with Crippen LogP contribution in [0.4, 0.5) is 0 Å². The summed E-state index contributed by atoms with van der Waals surface area (Å²) in [5.74, 6) is -0.238. The first-order valence-electron chi connectivity index (χ1n) is 4.25. The van der Waals surface area contributed by atoms with Gasteiger partial charge < -0.3 is 15.6 Å². The van der Waals surface area contributed by atoms with Crippen molar-refractivity contribution in [2.75, 3.05) is 7.11 Å². The third kappa shape index (κ3) is 4.22. The van der Waals surface area contributed by atoms with Crippen molar-refractivity contribution in [1.82, 2.24) is 0 Å². The van der Waals surface area contributed by atoms with E-state index in [0.717, 1.165) is 11.3 Å². The molecule has 0 saturated carbocycles. The van der Waals surface area contributed by atoms with Crippen LogP contribution in [0.5, 0.6) is 5.75 Å². The van der Waals surface area contributed by atoms with E-state index in [2.05, 4.69) is 0 Å². The second-order valence-corrected chi connectivity index (χ2v) is 3.00. The number of methoxy groups -OCH3 is 1. The molecule has 0 aromatic heterocycles. The summed E-state index contributed by atoms with van der Waals surface area (Å²) in [5, 5.41) is 8.59. The predicted molar refractivity (Wildman–Crippen MR) is 62.7 cm³/mol. The molecular formula is C10H15NO3S. The van der Waals surface area contributed by atoms with Crippen LogP contribution in [0.2, 0.25) is 0 Å². The van der Waals surface area contributed by atoms with E-state index in [1.54, 1.807) is 19.2 Å². The number of nitrogens with two attached hydrogens (primary N) is 1. The maximum Gasteiger partial charge on any atom is 0.320 e. The number of hydrogen-bond acceptors (Lipinski definition) is 3. The van der Waals surface area contributed by atoms with Gasteiger partial charge in [-0.3, -0.25) is 4.79 Å². The molecule has 0 aliphatic heterocycles. The van der Waals surface area contributed by atoms with Gasteiger partial charge in [0.2, 0.25) is 0 Å². The first-order chi connectivity index (χ1) is 6.63. The second kappa shape index (κ2) is 6.31. The van der Waals surface area contributed by atoms with Crippen molar-refractivity contribution >= 4 is 19.5 Å². The normalized spacial score (nSPS) is 11.3. The van der Waals surface area contributed by atoms with E-state index < -0.39 is 12.0 Å². The van der Waals surface area contributed by atoms with E-state index >= 15 is 0 Å². The van der Waals surface area contributed by atoms with Crippen LogP contribution in [-0.2, 0) is 11.2 Å². The standard InChI is InChI=1S/C10H13NO3.H2S/c1-14-8-4-2-7(3-5-8)6-9(11)10(12)13;/h2-5,9H,6,11H2,1H3,(H,12,13);1H2. The van der Waals surface area contributed by atoms with Crippen LogP contribution in [0.25, 0.3) is 0 Å². The number of rotatable bonds is 4. The Morgan fingerprint density at radius 1 is 1.47 bits per heavy atom. The lowest BCUT2D eigenvalue weighted by Gasteiger charge is -2.06. The lowest BCUT2D eigenvalue weighted by Crippen LogP contribution is -2.32. The summed E-state index contributed by atoms with van der Waals surface area (Å²) in [5.41, 5.74) is 6.28. The van der Waals surface area contributed by atoms with E-state index in [-0.39, 0.29) is 13.5 Å². The summed E-state index contributed by atoms with van der Waals surface area (Å²) in [6.45, 7) is 0. The molecule has 0 heterocycles. The fourth-order valence-electron chi connectivity index (χ4n) is 1.10. The smallest absolute Gasteiger partial charge is 0.320 e. The Balaban J connectivity index is 0.00000196. The molecule has 0 aliphatic rings. The highest BCUT2D eigenvalue weighted by atomic mass is 32.1. The largest absolute Gasteiger partial charge is 0.497 e. The highest BCUT2D eigenvalue weighted by Crippen LogP contribution is 2.12. The molecule has 1 aromatic rings. The maximum absolute atomic E-state index is 10.5. The number of hydrogen-bond donors (Lipinski definition) is 2. The van der Waals surface area contributed by atoms with Gasteiger partial charge in [-0.05, 0) is 24.1 Å². The lowest BCUT2D eigenvalue weighted by atomic mass is 10.1. The van der Waals surface area contributed by atoms with E-state index in [0.29, 0.717) is 6.42 Å². The van der Waals surface area contributed by atoms with Gasteiger partial charge in [0.05, 0.1) is 7.11 Å². The minimum absolute atomic E-state index is 0. The molecule has 1 unspecified atom stereocenters. The number of benzene rings is 1. The number of aliphatic carboxylic acids is 1. The number of carbonyl (C=O) groups is 1. The van der Waals surface area contributed by atoms with E-state index in [1.807, 2.05) is 12.1 Å². The van der Waals surface area contributed by atoms with Crippen molar-refractivity contribution < 1.29 is 14.6 Å². The second-order valence-electron chi connectivity index (χ2n) is 3.00. The number of carboxylic acid groups (broad SMARTS) is 1. The average Bonchev–Trinajstić information content (AvgIpc) is 2.19. The minimum atomic E-state index is -0.985. The van der Waals surface area contributed by atoms with Crippen molar-refractivity contribution in [3.63, 3.8) is 0 Å². The topological polar surface area (TPSA) is 72.5 Å². The molecule has 0 radical (unpaired) electrons. The molecule has 0 bridgehead atoms. The van der Waals surface area contributed by atoms with Crippen LogP contribution in [-0.4, -0.2) is 24.2 Å². The van der Waals surface area contributed by atoms with Crippen LogP contribution in [0, 0.1) is 0 Å². The molecule has 1 rings (SSSR count). The third-order valence-electron chi connectivity index (χ3n) is 1.93. The molecule has 4 nitrogen and oxygen atoms in total. The van der Waals surface area contributed by atoms with Crippen LogP contribution in [0.1, 0.15) is 5.56 Å². The summed E-state index contributed by atoms with van der Waals surface area (Å²) in [4.78, 5) is 10.5. The fourth-order valence-corrected chi connectivity index (χ4v) is 1.10. The highest BCUT2D eigenvalue weighted by molar-refractivity contribution is 7.59. The molecule has 3 N–H and O–H groups in total. The Kier molecular flexibility index (Phi) is 5.81. The quantitative estimate of drug-likeness (QED) is 0.799. The van der Waals surface area contributed by atoms with Crippen LogP contribution < -0.4 is 10.5 Å². The molecule has 15 heavy (non-hydrogen) atoms. The Morgan fingerprint density at radius 2 is 2.00 bits per heavy atom. The summed E-state index contributed by atoms with van der Waals surface area (Å²) in [6.07, 6.45) is 0.333. The summed E-state index contributed by atoms with van der Waals surface area (Å²) < 4.78 is 4.97. The van der Waals surface area contributed by atoms with E-state index in [1.165, 1.54) is 0 Å². The molecule has 0 spiro atoms. The monoisotopic (exact) mass is 229 g/mol.